The molecule has 106 valence electrons. The fourth-order valence-electron chi connectivity index (χ4n) is 2.43. The zero-order valence-electron chi connectivity index (χ0n) is 11.3. The highest BCUT2D eigenvalue weighted by molar-refractivity contribution is 6.31. The summed E-state index contributed by atoms with van der Waals surface area (Å²) in [5.74, 6) is 0.797. The summed E-state index contributed by atoms with van der Waals surface area (Å²) in [6, 6.07) is 12.4. The number of fused-ring (bicyclic) bond motifs is 1. The van der Waals surface area contributed by atoms with E-state index in [0.717, 1.165) is 16.9 Å². The van der Waals surface area contributed by atoms with Crippen molar-refractivity contribution in [3.05, 3.63) is 69.0 Å². The van der Waals surface area contributed by atoms with E-state index in [4.69, 9.17) is 11.6 Å². The molecule has 0 bridgehead atoms. The summed E-state index contributed by atoms with van der Waals surface area (Å²) < 4.78 is 1.93. The second-order valence-corrected chi connectivity index (χ2v) is 5.14. The van der Waals surface area contributed by atoms with Crippen LogP contribution in [0.2, 0.25) is 5.02 Å². The molecule has 0 saturated heterocycles. The number of halogens is 1. The Bertz CT molecular complexity index is 842. The van der Waals surface area contributed by atoms with E-state index in [1.54, 1.807) is 12.1 Å². The van der Waals surface area contributed by atoms with E-state index in [1.165, 1.54) is 6.07 Å². The van der Waals surface area contributed by atoms with Crippen molar-refractivity contribution in [3.63, 3.8) is 0 Å². The Balaban J connectivity index is 2.15. The molecular weight excluding hydrogens is 290 g/mol. The van der Waals surface area contributed by atoms with Crippen LogP contribution in [0.5, 0.6) is 0 Å². The summed E-state index contributed by atoms with van der Waals surface area (Å²) in [5, 5.41) is 11.6. The molecule has 0 radical (unpaired) electrons. The highest BCUT2D eigenvalue weighted by Crippen LogP contribution is 2.28. The minimum atomic E-state index is -0.407. The molecule has 5 nitrogen and oxygen atoms in total. The van der Waals surface area contributed by atoms with Gasteiger partial charge in [-0.3, -0.25) is 10.1 Å². The summed E-state index contributed by atoms with van der Waals surface area (Å²) in [6.45, 7) is 2.20. The number of hydrogen-bond donors (Lipinski definition) is 0. The van der Waals surface area contributed by atoms with E-state index >= 15 is 0 Å². The number of hydrogen-bond acceptors (Lipinski definition) is 3. The molecule has 0 N–H and O–H groups in total. The Morgan fingerprint density at radius 3 is 2.76 bits per heavy atom. The average Bonchev–Trinajstić information content (AvgIpc) is 2.77. The van der Waals surface area contributed by atoms with Crippen LogP contribution in [-0.4, -0.2) is 14.5 Å². The van der Waals surface area contributed by atoms with E-state index in [-0.39, 0.29) is 5.69 Å². The Kier molecular flexibility index (Phi) is 3.35. The zero-order valence-corrected chi connectivity index (χ0v) is 12.0. The molecule has 0 fully saturated rings. The van der Waals surface area contributed by atoms with Crippen molar-refractivity contribution in [3.8, 4) is 0 Å². The van der Waals surface area contributed by atoms with Gasteiger partial charge in [-0.2, -0.15) is 0 Å². The molecule has 2 aromatic carbocycles. The molecule has 0 unspecified atom stereocenters. The highest BCUT2D eigenvalue weighted by atomic mass is 35.5. The molecule has 0 atom stereocenters. The molecule has 0 aliphatic rings. The number of nitro groups is 1. The first kappa shape index (κ1) is 13.6. The third-order valence-corrected chi connectivity index (χ3v) is 3.81. The molecule has 1 aromatic heterocycles. The Hall–Kier alpha value is -2.40. The van der Waals surface area contributed by atoms with Crippen LogP contribution in [0.15, 0.2) is 42.5 Å². The van der Waals surface area contributed by atoms with Gasteiger partial charge in [-0.15, -0.1) is 0 Å². The SMILES string of the molecule is Cc1nc2ccccc2n1Cc1c(Cl)cccc1[N+](=O)[O-]. The van der Waals surface area contributed by atoms with Gasteiger partial charge in [-0.1, -0.05) is 29.8 Å². The fraction of sp³-hybridized carbons (Fsp3) is 0.133. The second kappa shape index (κ2) is 5.18. The van der Waals surface area contributed by atoms with E-state index in [0.29, 0.717) is 17.1 Å². The monoisotopic (exact) mass is 301 g/mol. The first-order chi connectivity index (χ1) is 10.1. The molecule has 3 rings (SSSR count). The number of nitrogens with zero attached hydrogens (tertiary/aromatic N) is 3. The van der Waals surface area contributed by atoms with Gasteiger partial charge in [0, 0.05) is 6.07 Å². The summed E-state index contributed by atoms with van der Waals surface area (Å²) in [6.07, 6.45) is 0. The summed E-state index contributed by atoms with van der Waals surface area (Å²) in [4.78, 5) is 15.2. The first-order valence-electron chi connectivity index (χ1n) is 6.41. The van der Waals surface area contributed by atoms with Gasteiger partial charge in [0.25, 0.3) is 5.69 Å². The van der Waals surface area contributed by atoms with Gasteiger partial charge >= 0.3 is 0 Å². The van der Waals surface area contributed by atoms with Gasteiger partial charge in [0.1, 0.15) is 5.82 Å². The number of imidazole rings is 1. The van der Waals surface area contributed by atoms with E-state index < -0.39 is 4.92 Å². The van der Waals surface area contributed by atoms with Crippen LogP contribution in [0.3, 0.4) is 0 Å². The van der Waals surface area contributed by atoms with Crippen LogP contribution < -0.4 is 0 Å². The Labute approximate surface area is 125 Å². The van der Waals surface area contributed by atoms with Gasteiger partial charge in [0.15, 0.2) is 0 Å². The van der Waals surface area contributed by atoms with Crippen LogP contribution in [0.4, 0.5) is 5.69 Å². The molecule has 21 heavy (non-hydrogen) atoms. The molecule has 0 amide bonds. The molecular formula is C15H12ClN3O2. The number of benzene rings is 2. The summed E-state index contributed by atoms with van der Waals surface area (Å²) in [5.41, 5.74) is 2.32. The third-order valence-electron chi connectivity index (χ3n) is 3.45. The highest BCUT2D eigenvalue weighted by Gasteiger charge is 2.18. The lowest BCUT2D eigenvalue weighted by molar-refractivity contribution is -0.385. The normalized spacial score (nSPS) is 11.0. The summed E-state index contributed by atoms with van der Waals surface area (Å²) >= 11 is 6.16. The van der Waals surface area contributed by atoms with Crippen LogP contribution in [0, 0.1) is 17.0 Å². The fourth-order valence-corrected chi connectivity index (χ4v) is 2.66. The number of rotatable bonds is 3. The topological polar surface area (TPSA) is 61.0 Å². The van der Waals surface area contributed by atoms with Gasteiger partial charge < -0.3 is 4.57 Å². The Morgan fingerprint density at radius 1 is 1.24 bits per heavy atom. The van der Waals surface area contributed by atoms with Gasteiger partial charge in [0.05, 0.1) is 33.1 Å². The predicted octanol–water partition coefficient (Wildman–Crippen LogP) is 3.95. The maximum Gasteiger partial charge on any atom is 0.275 e. The van der Waals surface area contributed by atoms with Crippen molar-refractivity contribution in [2.75, 3.05) is 0 Å². The number of aryl methyl sites for hydroxylation is 1. The maximum atomic E-state index is 11.2. The third kappa shape index (κ3) is 2.36. The minimum absolute atomic E-state index is 0.0275. The van der Waals surface area contributed by atoms with Crippen LogP contribution >= 0.6 is 11.6 Å². The molecule has 0 aliphatic heterocycles. The predicted molar refractivity (Wildman–Crippen MR) is 81.7 cm³/mol. The largest absolute Gasteiger partial charge is 0.323 e. The smallest absolute Gasteiger partial charge is 0.275 e. The van der Waals surface area contributed by atoms with Crippen molar-refractivity contribution in [2.45, 2.75) is 13.5 Å². The number of para-hydroxylation sites is 2. The van der Waals surface area contributed by atoms with Crippen molar-refractivity contribution >= 4 is 28.3 Å². The molecule has 0 saturated carbocycles. The molecule has 0 aliphatic carbocycles. The molecule has 0 spiro atoms. The van der Waals surface area contributed by atoms with E-state index in [1.807, 2.05) is 35.8 Å². The van der Waals surface area contributed by atoms with Crippen molar-refractivity contribution < 1.29 is 4.92 Å². The van der Waals surface area contributed by atoms with Crippen molar-refractivity contribution in [1.29, 1.82) is 0 Å². The molecule has 1 heterocycles. The van der Waals surface area contributed by atoms with Gasteiger partial charge in [0.2, 0.25) is 0 Å². The lowest BCUT2D eigenvalue weighted by Crippen LogP contribution is -2.05. The lowest BCUT2D eigenvalue weighted by atomic mass is 10.1. The second-order valence-electron chi connectivity index (χ2n) is 4.73. The molecule has 6 heteroatoms. The van der Waals surface area contributed by atoms with Crippen LogP contribution in [-0.2, 0) is 6.54 Å². The Morgan fingerprint density at radius 2 is 2.00 bits per heavy atom. The van der Waals surface area contributed by atoms with Crippen LogP contribution in [0.25, 0.3) is 11.0 Å². The zero-order chi connectivity index (χ0) is 15.0. The maximum absolute atomic E-state index is 11.2. The van der Waals surface area contributed by atoms with E-state index in [9.17, 15) is 10.1 Å². The van der Waals surface area contributed by atoms with Crippen molar-refractivity contribution in [2.24, 2.45) is 0 Å². The summed E-state index contributed by atoms with van der Waals surface area (Å²) in [7, 11) is 0. The minimum Gasteiger partial charge on any atom is -0.323 e. The van der Waals surface area contributed by atoms with Crippen LogP contribution in [0.1, 0.15) is 11.4 Å². The first-order valence-corrected chi connectivity index (χ1v) is 6.79. The lowest BCUT2D eigenvalue weighted by Gasteiger charge is -2.09. The molecule has 3 aromatic rings. The number of nitro benzene ring substituents is 1. The van der Waals surface area contributed by atoms with Crippen molar-refractivity contribution in [1.82, 2.24) is 9.55 Å². The quantitative estimate of drug-likeness (QED) is 0.543. The van der Waals surface area contributed by atoms with Gasteiger partial charge in [-0.25, -0.2) is 4.98 Å². The van der Waals surface area contributed by atoms with Gasteiger partial charge in [-0.05, 0) is 25.1 Å². The number of aromatic nitrogens is 2. The van der Waals surface area contributed by atoms with E-state index in [2.05, 4.69) is 4.98 Å². The standard InChI is InChI=1S/C15H12ClN3O2/c1-10-17-13-6-2-3-7-15(13)18(10)9-11-12(16)5-4-8-14(11)19(20)21/h2-8H,9H2,1H3. The average molecular weight is 302 g/mol.